The molecule has 0 radical (unpaired) electrons. The molecule has 31 heavy (non-hydrogen) atoms. The molecule has 7 nitrogen and oxygen atoms in total. The average molecular weight is 443 g/mol. The van der Waals surface area contributed by atoms with Crippen LogP contribution in [0.3, 0.4) is 0 Å². The Balaban J connectivity index is 1.90. The first-order valence-electron chi connectivity index (χ1n) is 10.2. The van der Waals surface area contributed by atoms with E-state index in [-0.39, 0.29) is 12.2 Å². The van der Waals surface area contributed by atoms with Gasteiger partial charge in [0.05, 0.1) is 25.7 Å². The SMILES string of the molecule is CCCCOc1cc(/C=C/c2nc3sc(C(=O)OCC)c(C)c3c(=O)[nH]2)ccc1OC. The molecular formula is C23H26N2O5S. The largest absolute Gasteiger partial charge is 0.493 e. The summed E-state index contributed by atoms with van der Waals surface area (Å²) in [6.45, 7) is 6.47. The zero-order valence-corrected chi connectivity index (χ0v) is 18.9. The van der Waals surface area contributed by atoms with Gasteiger partial charge in [-0.2, -0.15) is 0 Å². The highest BCUT2D eigenvalue weighted by Crippen LogP contribution is 2.30. The number of carbonyl (C=O) groups is 1. The standard InChI is InChI=1S/C23H26N2O5S/c1-5-7-12-30-17-13-15(8-10-16(17)28-4)9-11-18-24-21(26)19-14(3)20(23(27)29-6-2)31-22(19)25-18/h8-11,13H,5-7,12H2,1-4H3,(H,24,25,26)/b11-9+. The van der Waals surface area contributed by atoms with Crippen LogP contribution in [0.2, 0.25) is 0 Å². The summed E-state index contributed by atoms with van der Waals surface area (Å²) in [5, 5.41) is 0.418. The number of esters is 1. The molecule has 0 aliphatic heterocycles. The van der Waals surface area contributed by atoms with Crippen LogP contribution in [0.25, 0.3) is 22.4 Å². The quantitative estimate of drug-likeness (QED) is 0.377. The van der Waals surface area contributed by atoms with Crippen LogP contribution in [0.1, 0.15) is 53.3 Å². The topological polar surface area (TPSA) is 90.5 Å². The third kappa shape index (κ3) is 5.14. The number of aromatic nitrogens is 2. The Bertz CT molecular complexity index is 1160. The second kappa shape index (κ2) is 10.3. The number of thiophene rings is 1. The summed E-state index contributed by atoms with van der Waals surface area (Å²) in [6.07, 6.45) is 5.56. The van der Waals surface area contributed by atoms with E-state index in [2.05, 4.69) is 16.9 Å². The zero-order chi connectivity index (χ0) is 22.4. The Labute approximate surface area is 184 Å². The predicted molar refractivity (Wildman–Crippen MR) is 123 cm³/mol. The van der Waals surface area contributed by atoms with E-state index < -0.39 is 5.97 Å². The van der Waals surface area contributed by atoms with E-state index in [4.69, 9.17) is 14.2 Å². The molecule has 0 saturated carbocycles. The van der Waals surface area contributed by atoms with Gasteiger partial charge in [0.25, 0.3) is 5.56 Å². The van der Waals surface area contributed by atoms with Crippen molar-refractivity contribution in [1.29, 1.82) is 0 Å². The summed E-state index contributed by atoms with van der Waals surface area (Å²) in [7, 11) is 1.61. The van der Waals surface area contributed by atoms with Gasteiger partial charge >= 0.3 is 5.97 Å². The van der Waals surface area contributed by atoms with Crippen LogP contribution in [0.5, 0.6) is 11.5 Å². The molecular weight excluding hydrogens is 416 g/mol. The molecule has 0 bridgehead atoms. The minimum Gasteiger partial charge on any atom is -0.493 e. The Morgan fingerprint density at radius 2 is 2.03 bits per heavy atom. The van der Waals surface area contributed by atoms with Crippen molar-refractivity contribution in [3.63, 3.8) is 0 Å². The lowest BCUT2D eigenvalue weighted by Gasteiger charge is -2.11. The summed E-state index contributed by atoms with van der Waals surface area (Å²) in [5.41, 5.74) is 1.18. The third-order valence-electron chi connectivity index (χ3n) is 4.66. The molecule has 0 aliphatic rings. The normalized spacial score (nSPS) is 11.2. The highest BCUT2D eigenvalue weighted by atomic mass is 32.1. The van der Waals surface area contributed by atoms with Crippen LogP contribution >= 0.6 is 11.3 Å². The fourth-order valence-corrected chi connectivity index (χ4v) is 4.12. The van der Waals surface area contributed by atoms with Gasteiger partial charge in [-0.15, -0.1) is 11.3 Å². The third-order valence-corrected chi connectivity index (χ3v) is 5.82. The highest BCUT2D eigenvalue weighted by molar-refractivity contribution is 7.20. The van der Waals surface area contributed by atoms with E-state index in [9.17, 15) is 9.59 Å². The van der Waals surface area contributed by atoms with Gasteiger partial charge in [-0.1, -0.05) is 25.5 Å². The fourth-order valence-electron chi connectivity index (χ4n) is 3.04. The number of aryl methyl sites for hydroxylation is 1. The lowest BCUT2D eigenvalue weighted by Crippen LogP contribution is -2.10. The van der Waals surface area contributed by atoms with Crippen LogP contribution in [0.15, 0.2) is 23.0 Å². The second-order valence-corrected chi connectivity index (χ2v) is 7.85. The number of methoxy groups -OCH3 is 1. The van der Waals surface area contributed by atoms with Crippen molar-refractivity contribution in [2.24, 2.45) is 0 Å². The molecule has 2 aromatic heterocycles. The smallest absolute Gasteiger partial charge is 0.348 e. The number of benzene rings is 1. The number of ether oxygens (including phenoxy) is 3. The van der Waals surface area contributed by atoms with Crippen LogP contribution in [-0.4, -0.2) is 36.3 Å². The Morgan fingerprint density at radius 3 is 2.74 bits per heavy atom. The monoisotopic (exact) mass is 442 g/mol. The number of hydrogen-bond donors (Lipinski definition) is 1. The minimum absolute atomic E-state index is 0.274. The molecule has 8 heteroatoms. The van der Waals surface area contributed by atoms with Crippen LogP contribution in [0, 0.1) is 6.92 Å². The van der Waals surface area contributed by atoms with E-state index in [0.29, 0.717) is 44.6 Å². The summed E-state index contributed by atoms with van der Waals surface area (Å²) in [4.78, 5) is 32.9. The Morgan fingerprint density at radius 1 is 1.23 bits per heavy atom. The lowest BCUT2D eigenvalue weighted by molar-refractivity contribution is 0.0531. The predicted octanol–water partition coefficient (Wildman–Crippen LogP) is 4.83. The van der Waals surface area contributed by atoms with Crippen LogP contribution in [0.4, 0.5) is 0 Å². The van der Waals surface area contributed by atoms with Gasteiger partial charge in [-0.3, -0.25) is 4.79 Å². The summed E-state index contributed by atoms with van der Waals surface area (Å²) in [5.74, 6) is 1.30. The van der Waals surface area contributed by atoms with E-state index in [1.54, 1.807) is 27.0 Å². The molecule has 0 unspecified atom stereocenters. The molecule has 0 saturated heterocycles. The maximum Gasteiger partial charge on any atom is 0.348 e. The van der Waals surface area contributed by atoms with Crippen molar-refractivity contribution in [3.8, 4) is 11.5 Å². The van der Waals surface area contributed by atoms with E-state index in [1.807, 2.05) is 24.3 Å². The highest BCUT2D eigenvalue weighted by Gasteiger charge is 2.19. The molecule has 164 valence electrons. The van der Waals surface area contributed by atoms with Gasteiger partial charge in [-0.25, -0.2) is 9.78 Å². The van der Waals surface area contributed by atoms with Crippen LogP contribution < -0.4 is 15.0 Å². The van der Waals surface area contributed by atoms with Crippen molar-refractivity contribution in [2.45, 2.75) is 33.6 Å². The van der Waals surface area contributed by atoms with Crippen molar-refractivity contribution < 1.29 is 19.0 Å². The van der Waals surface area contributed by atoms with Crippen molar-refractivity contribution in [1.82, 2.24) is 9.97 Å². The van der Waals surface area contributed by atoms with Gasteiger partial charge in [0.1, 0.15) is 15.5 Å². The summed E-state index contributed by atoms with van der Waals surface area (Å²) >= 11 is 1.16. The average Bonchev–Trinajstić information content (AvgIpc) is 3.09. The van der Waals surface area contributed by atoms with E-state index >= 15 is 0 Å². The molecule has 0 spiro atoms. The maximum absolute atomic E-state index is 12.6. The van der Waals surface area contributed by atoms with Crippen molar-refractivity contribution in [3.05, 3.63) is 50.4 Å². The minimum atomic E-state index is -0.437. The lowest BCUT2D eigenvalue weighted by atomic mass is 10.2. The number of rotatable bonds is 9. The summed E-state index contributed by atoms with van der Waals surface area (Å²) < 4.78 is 16.3. The fraction of sp³-hybridized carbons (Fsp3) is 0.348. The first kappa shape index (κ1) is 22.6. The van der Waals surface area contributed by atoms with Gasteiger partial charge < -0.3 is 19.2 Å². The molecule has 1 N–H and O–H groups in total. The number of nitrogens with zero attached hydrogens (tertiary/aromatic N) is 1. The van der Waals surface area contributed by atoms with Crippen molar-refractivity contribution >= 4 is 39.7 Å². The molecule has 0 atom stereocenters. The number of carbonyl (C=O) groups excluding carboxylic acids is 1. The zero-order valence-electron chi connectivity index (χ0n) is 18.1. The molecule has 0 amide bonds. The maximum atomic E-state index is 12.6. The number of hydrogen-bond acceptors (Lipinski definition) is 7. The first-order chi connectivity index (χ1) is 15.0. The Kier molecular flexibility index (Phi) is 7.46. The molecule has 3 rings (SSSR count). The molecule has 3 aromatic rings. The van der Waals surface area contributed by atoms with Gasteiger partial charge in [-0.05, 0) is 49.6 Å². The molecule has 0 fully saturated rings. The number of H-pyrrole nitrogens is 1. The number of aromatic amines is 1. The molecule has 2 heterocycles. The second-order valence-electron chi connectivity index (χ2n) is 6.85. The van der Waals surface area contributed by atoms with E-state index in [1.165, 1.54) is 0 Å². The molecule has 1 aromatic carbocycles. The van der Waals surface area contributed by atoms with Crippen molar-refractivity contribution in [2.75, 3.05) is 20.3 Å². The first-order valence-corrected chi connectivity index (χ1v) is 11.0. The van der Waals surface area contributed by atoms with Gasteiger partial charge in [0, 0.05) is 0 Å². The number of unbranched alkanes of at least 4 members (excludes halogenated alkanes) is 1. The Hall–Kier alpha value is -3.13. The van der Waals surface area contributed by atoms with Gasteiger partial charge in [0.15, 0.2) is 11.5 Å². The number of nitrogens with one attached hydrogen (secondary N) is 1. The summed E-state index contributed by atoms with van der Waals surface area (Å²) in [6, 6.07) is 5.62. The van der Waals surface area contributed by atoms with Gasteiger partial charge in [0.2, 0.25) is 0 Å². The number of fused-ring (bicyclic) bond motifs is 1. The molecule has 0 aliphatic carbocycles. The van der Waals surface area contributed by atoms with E-state index in [0.717, 1.165) is 29.7 Å². The van der Waals surface area contributed by atoms with Crippen LogP contribution in [-0.2, 0) is 4.74 Å².